The van der Waals surface area contributed by atoms with Crippen molar-refractivity contribution in [2.45, 2.75) is 51.9 Å². The summed E-state index contributed by atoms with van der Waals surface area (Å²) in [5.74, 6) is -0.332. The molecule has 0 spiro atoms. The number of thiazole rings is 2. The average Bonchev–Trinajstić information content (AvgIpc) is 3.81. The highest BCUT2D eigenvalue weighted by Gasteiger charge is 2.25. The standard InChI is InChI=1S/C22H21N3OS.C21H19N3OS/c1-15(2)20(16-8-4-3-5-9-16)21(26)25-22-24-14-19(27-22)12-17-10-6-7-11-18(17)13-23;1-2-19(15-8-4-3-5-9-15)20(25)24-21-23-14-18(26-21)12-16-10-6-7-11-17(16)13-22/h3-11,14-15,20H,12H2,1-2H3,(H,24,25,26);3-11,14,19H,2,12H2,1H3,(H,23,24,25). The van der Waals surface area contributed by atoms with Crippen LogP contribution in [-0.4, -0.2) is 21.8 Å². The van der Waals surface area contributed by atoms with Crippen molar-refractivity contribution in [1.82, 2.24) is 9.97 Å². The van der Waals surface area contributed by atoms with Crippen molar-refractivity contribution < 1.29 is 9.59 Å². The number of carbonyl (C=O) groups excluding carboxylic acids is 2. The normalized spacial score (nSPS) is 11.7. The van der Waals surface area contributed by atoms with Crippen LogP contribution in [-0.2, 0) is 22.4 Å². The number of carbonyl (C=O) groups is 2. The molecule has 2 N–H and O–H groups in total. The van der Waals surface area contributed by atoms with Crippen LogP contribution in [0.15, 0.2) is 122 Å². The van der Waals surface area contributed by atoms with Gasteiger partial charge in [0.1, 0.15) is 0 Å². The van der Waals surface area contributed by atoms with Gasteiger partial charge >= 0.3 is 0 Å². The van der Waals surface area contributed by atoms with Gasteiger partial charge in [0.05, 0.1) is 35.1 Å². The maximum atomic E-state index is 12.8. The lowest BCUT2D eigenvalue weighted by Crippen LogP contribution is -2.25. The first-order valence-electron chi connectivity index (χ1n) is 17.4. The maximum absolute atomic E-state index is 12.8. The van der Waals surface area contributed by atoms with Crippen LogP contribution in [0.5, 0.6) is 0 Å². The van der Waals surface area contributed by atoms with Crippen molar-refractivity contribution in [1.29, 1.82) is 10.5 Å². The molecule has 10 heteroatoms. The third-order valence-corrected chi connectivity index (χ3v) is 10.4. The fourth-order valence-corrected chi connectivity index (χ4v) is 7.65. The molecule has 8 nitrogen and oxygen atoms in total. The Bertz CT molecular complexity index is 2200. The molecule has 2 heterocycles. The Labute approximate surface area is 318 Å². The van der Waals surface area contributed by atoms with E-state index in [1.54, 1.807) is 12.4 Å². The summed E-state index contributed by atoms with van der Waals surface area (Å²) in [6, 6.07) is 39.1. The Balaban J connectivity index is 0.000000204. The predicted molar refractivity (Wildman–Crippen MR) is 213 cm³/mol. The van der Waals surface area contributed by atoms with Crippen LogP contribution < -0.4 is 10.6 Å². The Morgan fingerprint density at radius 3 is 1.53 bits per heavy atom. The molecule has 0 aliphatic heterocycles. The van der Waals surface area contributed by atoms with Crippen LogP contribution in [0.4, 0.5) is 10.3 Å². The van der Waals surface area contributed by atoms with E-state index in [4.69, 9.17) is 0 Å². The highest BCUT2D eigenvalue weighted by Crippen LogP contribution is 2.29. The van der Waals surface area contributed by atoms with E-state index in [2.05, 4.69) is 32.7 Å². The van der Waals surface area contributed by atoms with Crippen molar-refractivity contribution in [2.75, 3.05) is 10.6 Å². The van der Waals surface area contributed by atoms with E-state index in [0.717, 1.165) is 38.4 Å². The molecule has 4 aromatic carbocycles. The van der Waals surface area contributed by atoms with Crippen LogP contribution in [0.3, 0.4) is 0 Å². The molecule has 0 aliphatic carbocycles. The minimum atomic E-state index is -0.224. The number of hydrogen-bond acceptors (Lipinski definition) is 8. The molecule has 0 radical (unpaired) electrons. The van der Waals surface area contributed by atoms with Crippen molar-refractivity contribution in [2.24, 2.45) is 5.92 Å². The summed E-state index contributed by atoms with van der Waals surface area (Å²) in [6.07, 6.45) is 5.51. The number of nitrogens with one attached hydrogen (secondary N) is 2. The molecule has 6 aromatic rings. The Hall–Kier alpha value is -5.94. The van der Waals surface area contributed by atoms with Crippen LogP contribution in [0.1, 0.15) is 82.2 Å². The van der Waals surface area contributed by atoms with Crippen molar-refractivity contribution in [3.63, 3.8) is 0 Å². The molecule has 2 amide bonds. The second kappa shape index (κ2) is 19.1. The molecule has 0 bridgehead atoms. The molecule has 0 saturated heterocycles. The van der Waals surface area contributed by atoms with Crippen LogP contribution in [0.25, 0.3) is 0 Å². The highest BCUT2D eigenvalue weighted by atomic mass is 32.1. The third kappa shape index (κ3) is 10.6. The maximum Gasteiger partial charge on any atom is 0.233 e. The summed E-state index contributed by atoms with van der Waals surface area (Å²) in [5, 5.41) is 25.5. The number of nitriles is 2. The van der Waals surface area contributed by atoms with Crippen molar-refractivity contribution in [3.8, 4) is 12.1 Å². The third-order valence-electron chi connectivity index (χ3n) is 8.61. The predicted octanol–water partition coefficient (Wildman–Crippen LogP) is 9.72. The molecule has 2 aromatic heterocycles. The number of aromatic nitrogens is 2. The van der Waals surface area contributed by atoms with E-state index in [9.17, 15) is 20.1 Å². The smallest absolute Gasteiger partial charge is 0.233 e. The summed E-state index contributed by atoms with van der Waals surface area (Å²) < 4.78 is 0. The second-order valence-electron chi connectivity index (χ2n) is 12.6. The summed E-state index contributed by atoms with van der Waals surface area (Å²) in [5.41, 5.74) is 5.28. The summed E-state index contributed by atoms with van der Waals surface area (Å²) in [7, 11) is 0. The van der Waals surface area contributed by atoms with Crippen LogP contribution in [0.2, 0.25) is 0 Å². The largest absolute Gasteiger partial charge is 0.301 e. The molecule has 2 unspecified atom stereocenters. The first-order chi connectivity index (χ1) is 25.8. The minimum absolute atomic E-state index is 0.0444. The quantitative estimate of drug-likeness (QED) is 0.129. The van der Waals surface area contributed by atoms with E-state index >= 15 is 0 Å². The highest BCUT2D eigenvalue weighted by molar-refractivity contribution is 7.16. The van der Waals surface area contributed by atoms with Gasteiger partial charge < -0.3 is 10.6 Å². The average molecular weight is 737 g/mol. The zero-order valence-electron chi connectivity index (χ0n) is 29.8. The van der Waals surface area contributed by atoms with Gasteiger partial charge in [-0.1, -0.05) is 118 Å². The van der Waals surface area contributed by atoms with E-state index in [1.165, 1.54) is 22.7 Å². The monoisotopic (exact) mass is 736 g/mol. The molecule has 0 saturated carbocycles. The number of amides is 2. The van der Waals surface area contributed by atoms with E-state index in [-0.39, 0.29) is 29.6 Å². The molecule has 266 valence electrons. The van der Waals surface area contributed by atoms with Gasteiger partial charge in [-0.15, -0.1) is 22.7 Å². The van der Waals surface area contributed by atoms with Gasteiger partial charge in [0.15, 0.2) is 10.3 Å². The van der Waals surface area contributed by atoms with Gasteiger partial charge in [0.25, 0.3) is 0 Å². The Morgan fingerprint density at radius 2 is 1.08 bits per heavy atom. The summed E-state index contributed by atoms with van der Waals surface area (Å²) >= 11 is 2.89. The number of anilines is 2. The number of benzene rings is 4. The van der Waals surface area contributed by atoms with Crippen molar-refractivity contribution in [3.05, 3.63) is 165 Å². The van der Waals surface area contributed by atoms with E-state index in [1.807, 2.05) is 130 Å². The van der Waals surface area contributed by atoms with Gasteiger partial charge in [-0.3, -0.25) is 9.59 Å². The number of nitrogens with zero attached hydrogens (tertiary/aromatic N) is 4. The summed E-state index contributed by atoms with van der Waals surface area (Å²) in [4.78, 5) is 36.1. The zero-order chi connectivity index (χ0) is 37.6. The molecule has 6 rings (SSSR count). The molecule has 2 atom stereocenters. The van der Waals surface area contributed by atoms with Gasteiger partial charge in [-0.05, 0) is 46.7 Å². The van der Waals surface area contributed by atoms with Crippen molar-refractivity contribution >= 4 is 44.8 Å². The second-order valence-corrected chi connectivity index (χ2v) is 14.9. The lowest BCUT2D eigenvalue weighted by Gasteiger charge is -2.19. The molecule has 0 fully saturated rings. The lowest BCUT2D eigenvalue weighted by molar-refractivity contribution is -0.119. The molecule has 0 aliphatic rings. The summed E-state index contributed by atoms with van der Waals surface area (Å²) in [6.45, 7) is 6.09. The van der Waals surface area contributed by atoms with Gasteiger partial charge in [-0.25, -0.2) is 9.97 Å². The molecular formula is C43H40N6O2S2. The van der Waals surface area contributed by atoms with E-state index in [0.29, 0.717) is 34.2 Å². The van der Waals surface area contributed by atoms with Crippen LogP contribution in [0, 0.1) is 28.6 Å². The number of hydrogen-bond donors (Lipinski definition) is 2. The zero-order valence-corrected chi connectivity index (χ0v) is 31.5. The lowest BCUT2D eigenvalue weighted by atomic mass is 9.88. The Kier molecular flexibility index (Phi) is 13.8. The fourth-order valence-electron chi connectivity index (χ4n) is 5.97. The topological polar surface area (TPSA) is 132 Å². The van der Waals surface area contributed by atoms with Gasteiger partial charge in [-0.2, -0.15) is 10.5 Å². The fraction of sp³-hybridized carbons (Fsp3) is 0.209. The minimum Gasteiger partial charge on any atom is -0.301 e. The molecule has 53 heavy (non-hydrogen) atoms. The van der Waals surface area contributed by atoms with Gasteiger partial charge in [0, 0.05) is 35.0 Å². The first-order valence-corrected chi connectivity index (χ1v) is 19.0. The van der Waals surface area contributed by atoms with E-state index < -0.39 is 0 Å². The van der Waals surface area contributed by atoms with Gasteiger partial charge in [0.2, 0.25) is 11.8 Å². The first kappa shape index (κ1) is 38.3. The SMILES string of the molecule is CC(C)C(C(=O)Nc1ncc(Cc2ccccc2C#N)s1)c1ccccc1.CCC(C(=O)Nc1ncc(Cc2ccccc2C#N)s1)c1ccccc1. The Morgan fingerprint density at radius 1 is 0.642 bits per heavy atom. The molecular weight excluding hydrogens is 697 g/mol. The number of rotatable bonds is 12. The van der Waals surface area contributed by atoms with Crippen LogP contribution >= 0.6 is 22.7 Å².